The van der Waals surface area contributed by atoms with E-state index in [2.05, 4.69) is 10.6 Å². The molecule has 0 saturated heterocycles. The van der Waals surface area contributed by atoms with E-state index in [1.165, 1.54) is 0 Å². The number of benzene rings is 2. The minimum atomic E-state index is -0.261. The first-order valence-electron chi connectivity index (χ1n) is 9.80. The van der Waals surface area contributed by atoms with Crippen LogP contribution in [0, 0.1) is 0 Å². The maximum absolute atomic E-state index is 12.6. The number of nitrogens with two attached hydrogens (primary N) is 1. The molecule has 0 aliphatic heterocycles. The van der Waals surface area contributed by atoms with Gasteiger partial charge in [0.25, 0.3) is 5.91 Å². The topological polar surface area (TPSA) is 103 Å². The Morgan fingerprint density at radius 1 is 0.966 bits per heavy atom. The summed E-state index contributed by atoms with van der Waals surface area (Å²) in [4.78, 5) is 24.8. The highest BCUT2D eigenvalue weighted by Crippen LogP contribution is 2.37. The van der Waals surface area contributed by atoms with Gasteiger partial charge < -0.3 is 25.8 Å². The van der Waals surface area contributed by atoms with E-state index in [4.69, 9.17) is 15.2 Å². The number of carbonyl (C=O) groups is 2. The molecule has 29 heavy (non-hydrogen) atoms. The van der Waals surface area contributed by atoms with Crippen molar-refractivity contribution >= 4 is 23.2 Å². The molecule has 4 N–H and O–H groups in total. The van der Waals surface area contributed by atoms with Gasteiger partial charge in [0, 0.05) is 30.2 Å². The normalized spacial score (nSPS) is 11.4. The second-order valence-corrected chi connectivity index (χ2v) is 6.59. The van der Waals surface area contributed by atoms with Crippen LogP contribution in [0.25, 0.3) is 0 Å². The average molecular weight is 399 g/mol. The maximum Gasteiger partial charge on any atom is 0.255 e. The lowest BCUT2D eigenvalue weighted by Crippen LogP contribution is -2.20. The van der Waals surface area contributed by atoms with Crippen molar-refractivity contribution in [3.05, 3.63) is 48.0 Å². The zero-order chi connectivity index (χ0) is 21.2. The van der Waals surface area contributed by atoms with Gasteiger partial charge in [-0.15, -0.1) is 0 Å². The summed E-state index contributed by atoms with van der Waals surface area (Å²) in [5.74, 6) is 0.477. The van der Waals surface area contributed by atoms with Crippen molar-refractivity contribution in [3.63, 3.8) is 0 Å². The number of amides is 2. The van der Waals surface area contributed by atoms with Crippen LogP contribution in [-0.4, -0.2) is 31.1 Å². The summed E-state index contributed by atoms with van der Waals surface area (Å²) >= 11 is 0. The minimum Gasteiger partial charge on any atom is -0.492 e. The predicted octanol–water partition coefficient (Wildman–Crippen LogP) is 3.80. The van der Waals surface area contributed by atoms with Crippen LogP contribution < -0.4 is 25.8 Å². The molecule has 156 valence electrons. The number of rotatable bonds is 10. The van der Waals surface area contributed by atoms with E-state index in [1.807, 2.05) is 26.8 Å². The molecule has 0 saturated carbocycles. The number of hydrogen-bond acceptors (Lipinski definition) is 5. The van der Waals surface area contributed by atoms with Gasteiger partial charge in [0.15, 0.2) is 0 Å². The number of anilines is 2. The van der Waals surface area contributed by atoms with Gasteiger partial charge in [-0.05, 0) is 39.3 Å². The molecule has 2 rings (SSSR count). The number of carbonyl (C=O) groups excluding carboxylic acids is 2. The zero-order valence-electron chi connectivity index (χ0n) is 17.2. The third kappa shape index (κ3) is 6.80. The molecule has 0 radical (unpaired) electrons. The monoisotopic (exact) mass is 399 g/mol. The lowest BCUT2D eigenvalue weighted by molar-refractivity contribution is -0.116. The van der Waals surface area contributed by atoms with E-state index in [0.717, 1.165) is 0 Å². The molecular formula is C22H29N3O4. The van der Waals surface area contributed by atoms with Gasteiger partial charge in [-0.2, -0.15) is 0 Å². The van der Waals surface area contributed by atoms with Crippen molar-refractivity contribution < 1.29 is 19.1 Å². The van der Waals surface area contributed by atoms with Gasteiger partial charge in [-0.1, -0.05) is 18.2 Å². The summed E-state index contributed by atoms with van der Waals surface area (Å²) in [6, 6.07) is 12.2. The molecule has 7 heteroatoms. The Morgan fingerprint density at radius 2 is 1.52 bits per heavy atom. The molecule has 1 atom stereocenters. The fraction of sp³-hybridized carbons (Fsp3) is 0.364. The third-order valence-corrected chi connectivity index (χ3v) is 4.07. The van der Waals surface area contributed by atoms with Crippen LogP contribution in [0.2, 0.25) is 0 Å². The minimum absolute atomic E-state index is 0.0540. The summed E-state index contributed by atoms with van der Waals surface area (Å²) in [5, 5.41) is 5.71. The first-order chi connectivity index (χ1) is 13.9. The smallest absolute Gasteiger partial charge is 0.255 e. The molecule has 0 aliphatic carbocycles. The maximum atomic E-state index is 12.6. The van der Waals surface area contributed by atoms with Gasteiger partial charge in [0.2, 0.25) is 5.91 Å². The van der Waals surface area contributed by atoms with Crippen LogP contribution >= 0.6 is 0 Å². The van der Waals surface area contributed by atoms with Crippen LogP contribution in [0.5, 0.6) is 11.5 Å². The molecule has 0 fully saturated rings. The van der Waals surface area contributed by atoms with Gasteiger partial charge >= 0.3 is 0 Å². The second kappa shape index (κ2) is 11.1. The van der Waals surface area contributed by atoms with Crippen molar-refractivity contribution in [3.8, 4) is 11.5 Å². The molecule has 0 spiro atoms. The second-order valence-electron chi connectivity index (χ2n) is 6.59. The first-order valence-corrected chi connectivity index (χ1v) is 9.80. The van der Waals surface area contributed by atoms with Gasteiger partial charge in [0.1, 0.15) is 11.5 Å². The van der Waals surface area contributed by atoms with E-state index in [9.17, 15) is 9.59 Å². The molecule has 2 aromatic carbocycles. The predicted molar refractivity (Wildman–Crippen MR) is 115 cm³/mol. The Morgan fingerprint density at radius 3 is 2.03 bits per heavy atom. The SMILES string of the molecule is CCOc1cc(NC(=O)c2ccccc2)c(OCC)cc1NC(=O)CCC(C)N. The Labute approximate surface area is 171 Å². The molecule has 0 aliphatic rings. The van der Waals surface area contributed by atoms with Crippen LogP contribution in [-0.2, 0) is 4.79 Å². The standard InChI is InChI=1S/C22H29N3O4/c1-4-28-19-14-18(25-22(27)16-9-7-6-8-10-16)20(29-5-2)13-17(19)24-21(26)12-11-15(3)23/h6-10,13-15H,4-5,11-12,23H2,1-3H3,(H,24,26)(H,25,27). The van der Waals surface area contributed by atoms with E-state index in [-0.39, 0.29) is 17.9 Å². The molecule has 0 aromatic heterocycles. The number of ether oxygens (including phenoxy) is 2. The van der Waals surface area contributed by atoms with E-state index >= 15 is 0 Å². The Bertz CT molecular complexity index is 822. The van der Waals surface area contributed by atoms with Gasteiger partial charge in [-0.25, -0.2) is 0 Å². The number of nitrogens with one attached hydrogen (secondary N) is 2. The molecule has 2 amide bonds. The third-order valence-electron chi connectivity index (χ3n) is 4.07. The van der Waals surface area contributed by atoms with Gasteiger partial charge in [0.05, 0.1) is 24.6 Å². The molecule has 0 bridgehead atoms. The quantitative estimate of drug-likeness (QED) is 0.564. The summed E-state index contributed by atoms with van der Waals surface area (Å²) in [6.45, 7) is 6.36. The Balaban J connectivity index is 2.30. The highest BCUT2D eigenvalue weighted by atomic mass is 16.5. The highest BCUT2D eigenvalue weighted by molar-refractivity contribution is 6.05. The molecular weight excluding hydrogens is 370 g/mol. The molecule has 7 nitrogen and oxygen atoms in total. The number of hydrogen-bond donors (Lipinski definition) is 3. The van der Waals surface area contributed by atoms with E-state index in [1.54, 1.807) is 36.4 Å². The summed E-state index contributed by atoms with van der Waals surface area (Å²) in [6.07, 6.45) is 0.888. The Hall–Kier alpha value is -3.06. The average Bonchev–Trinajstić information content (AvgIpc) is 2.70. The highest BCUT2D eigenvalue weighted by Gasteiger charge is 2.17. The van der Waals surface area contributed by atoms with Crippen molar-refractivity contribution in [2.75, 3.05) is 23.8 Å². The van der Waals surface area contributed by atoms with E-state index < -0.39 is 0 Å². The lowest BCUT2D eigenvalue weighted by Gasteiger charge is -2.18. The van der Waals surface area contributed by atoms with Crippen molar-refractivity contribution in [1.82, 2.24) is 0 Å². The zero-order valence-corrected chi connectivity index (χ0v) is 17.2. The largest absolute Gasteiger partial charge is 0.492 e. The van der Waals surface area contributed by atoms with Crippen molar-refractivity contribution in [2.24, 2.45) is 5.73 Å². The summed E-state index contributed by atoms with van der Waals surface area (Å²) in [5.41, 5.74) is 7.21. The molecule has 1 unspecified atom stereocenters. The Kier molecular flexibility index (Phi) is 8.48. The van der Waals surface area contributed by atoms with Crippen LogP contribution in [0.3, 0.4) is 0 Å². The fourth-order valence-corrected chi connectivity index (χ4v) is 2.66. The van der Waals surface area contributed by atoms with Crippen LogP contribution in [0.15, 0.2) is 42.5 Å². The van der Waals surface area contributed by atoms with Gasteiger partial charge in [-0.3, -0.25) is 9.59 Å². The molecule has 2 aromatic rings. The molecule has 0 heterocycles. The van der Waals surface area contributed by atoms with E-state index in [0.29, 0.717) is 54.5 Å². The van der Waals surface area contributed by atoms with Crippen molar-refractivity contribution in [1.29, 1.82) is 0 Å². The van der Waals surface area contributed by atoms with Crippen molar-refractivity contribution in [2.45, 2.75) is 39.7 Å². The summed E-state index contributed by atoms with van der Waals surface area (Å²) < 4.78 is 11.4. The van der Waals surface area contributed by atoms with Crippen LogP contribution in [0.1, 0.15) is 44.0 Å². The first kappa shape index (κ1) is 22.2. The fourth-order valence-electron chi connectivity index (χ4n) is 2.66. The van der Waals surface area contributed by atoms with Crippen LogP contribution in [0.4, 0.5) is 11.4 Å². The lowest BCUT2D eigenvalue weighted by atomic mass is 10.1. The summed E-state index contributed by atoms with van der Waals surface area (Å²) in [7, 11) is 0.